The Morgan fingerprint density at radius 1 is 1.42 bits per heavy atom. The van der Waals surface area contributed by atoms with E-state index in [1.54, 1.807) is 0 Å². The summed E-state index contributed by atoms with van der Waals surface area (Å²) in [5, 5.41) is 5.67. The first-order valence-corrected chi connectivity index (χ1v) is 8.30. The van der Waals surface area contributed by atoms with Crippen LogP contribution in [0.1, 0.15) is 57.6 Å². The number of nitrogens with one attached hydrogen (secondary N) is 1. The Morgan fingerprint density at radius 3 is 2.74 bits per heavy atom. The highest BCUT2D eigenvalue weighted by molar-refractivity contribution is 7.13. The number of carbonyl (C=O) groups is 1. The molecule has 1 N–H and O–H groups in total. The van der Waals surface area contributed by atoms with Gasteiger partial charge in [-0.1, -0.05) is 26.2 Å². The summed E-state index contributed by atoms with van der Waals surface area (Å²) in [5.74, 6) is 1.22. The van der Waals surface area contributed by atoms with Crippen molar-refractivity contribution in [2.75, 3.05) is 5.32 Å². The Balaban J connectivity index is 1.76. The number of aryl methyl sites for hydroxylation is 1. The van der Waals surface area contributed by atoms with Crippen molar-refractivity contribution in [3.05, 3.63) is 11.1 Å². The fourth-order valence-electron chi connectivity index (χ4n) is 2.82. The van der Waals surface area contributed by atoms with Crippen molar-refractivity contribution in [1.82, 2.24) is 4.98 Å². The molecule has 1 amide bonds. The lowest BCUT2D eigenvalue weighted by atomic mass is 9.79. The fourth-order valence-corrected chi connectivity index (χ4v) is 3.52. The molecule has 0 aromatic carbocycles. The van der Waals surface area contributed by atoms with E-state index in [0.29, 0.717) is 0 Å². The molecule has 2 rings (SSSR count). The molecule has 1 aliphatic rings. The normalized spacial score (nSPS) is 23.3. The molecule has 0 radical (unpaired) electrons. The van der Waals surface area contributed by atoms with E-state index < -0.39 is 0 Å². The lowest BCUT2D eigenvalue weighted by Crippen LogP contribution is -2.27. The standard InChI is InChI=1S/C15H24N2OS/c1-3-4-5-12-6-8-13(9-7-12)14(18)17-15-16-11(2)10-19-15/h10,12-13H,3-9H2,1-2H3,(H,16,17,18). The molecule has 0 bridgehead atoms. The SMILES string of the molecule is CCCCC1CCC(C(=O)Nc2nc(C)cs2)CC1. The Hall–Kier alpha value is -0.900. The lowest BCUT2D eigenvalue weighted by molar-refractivity contribution is -0.121. The third-order valence-electron chi connectivity index (χ3n) is 4.03. The van der Waals surface area contributed by atoms with Gasteiger partial charge in [0.05, 0.1) is 5.69 Å². The number of hydrogen-bond donors (Lipinski definition) is 1. The Labute approximate surface area is 119 Å². The molecule has 1 aromatic rings. The topological polar surface area (TPSA) is 42.0 Å². The van der Waals surface area contributed by atoms with Gasteiger partial charge in [-0.15, -0.1) is 11.3 Å². The number of carbonyl (C=O) groups excluding carboxylic acids is 1. The second kappa shape index (κ2) is 7.04. The van der Waals surface area contributed by atoms with E-state index in [4.69, 9.17) is 0 Å². The van der Waals surface area contributed by atoms with Crippen molar-refractivity contribution in [3.8, 4) is 0 Å². The molecule has 106 valence electrons. The predicted molar refractivity (Wildman–Crippen MR) is 80.5 cm³/mol. The Kier molecular flexibility index (Phi) is 5.37. The Morgan fingerprint density at radius 2 is 2.16 bits per heavy atom. The monoisotopic (exact) mass is 280 g/mol. The summed E-state index contributed by atoms with van der Waals surface area (Å²) in [6, 6.07) is 0. The number of nitrogens with zero attached hydrogens (tertiary/aromatic N) is 1. The average molecular weight is 280 g/mol. The maximum atomic E-state index is 12.2. The summed E-state index contributed by atoms with van der Waals surface area (Å²) >= 11 is 1.51. The lowest BCUT2D eigenvalue weighted by Gasteiger charge is -2.27. The molecule has 0 spiro atoms. The Bertz CT molecular complexity index is 408. The summed E-state index contributed by atoms with van der Waals surface area (Å²) < 4.78 is 0. The minimum Gasteiger partial charge on any atom is -0.302 e. The smallest absolute Gasteiger partial charge is 0.229 e. The van der Waals surface area contributed by atoms with Crippen molar-refractivity contribution in [2.24, 2.45) is 11.8 Å². The van der Waals surface area contributed by atoms with E-state index >= 15 is 0 Å². The zero-order valence-corrected chi connectivity index (χ0v) is 12.8. The van der Waals surface area contributed by atoms with Crippen molar-refractivity contribution in [1.29, 1.82) is 0 Å². The number of anilines is 1. The van der Waals surface area contributed by atoms with Crippen LogP contribution in [0.5, 0.6) is 0 Å². The molecule has 0 unspecified atom stereocenters. The molecule has 0 atom stereocenters. The molecule has 3 nitrogen and oxygen atoms in total. The van der Waals surface area contributed by atoms with Crippen LogP contribution >= 0.6 is 11.3 Å². The highest BCUT2D eigenvalue weighted by Crippen LogP contribution is 2.32. The molecule has 19 heavy (non-hydrogen) atoms. The highest BCUT2D eigenvalue weighted by Gasteiger charge is 2.26. The zero-order chi connectivity index (χ0) is 13.7. The van der Waals surface area contributed by atoms with Gasteiger partial charge in [-0.3, -0.25) is 4.79 Å². The van der Waals surface area contributed by atoms with Crippen LogP contribution in [0, 0.1) is 18.8 Å². The van der Waals surface area contributed by atoms with Gasteiger partial charge in [-0.25, -0.2) is 4.98 Å². The maximum absolute atomic E-state index is 12.2. The van der Waals surface area contributed by atoms with Gasteiger partial charge in [-0.2, -0.15) is 0 Å². The summed E-state index contributed by atoms with van der Waals surface area (Å²) in [7, 11) is 0. The summed E-state index contributed by atoms with van der Waals surface area (Å²) in [6.07, 6.45) is 8.49. The minimum absolute atomic E-state index is 0.170. The number of rotatable bonds is 5. The van der Waals surface area contributed by atoms with E-state index in [9.17, 15) is 4.79 Å². The van der Waals surface area contributed by atoms with Crippen molar-refractivity contribution >= 4 is 22.4 Å². The average Bonchev–Trinajstić information content (AvgIpc) is 2.82. The van der Waals surface area contributed by atoms with Crippen LogP contribution in [0.15, 0.2) is 5.38 Å². The molecule has 0 aliphatic heterocycles. The number of hydrogen-bond acceptors (Lipinski definition) is 3. The van der Waals surface area contributed by atoms with E-state index in [1.165, 1.54) is 43.4 Å². The first-order chi connectivity index (χ1) is 9.19. The number of unbranched alkanes of at least 4 members (excludes halogenated alkanes) is 1. The van der Waals surface area contributed by atoms with Gasteiger partial charge >= 0.3 is 0 Å². The molecule has 0 saturated heterocycles. The van der Waals surface area contributed by atoms with Gasteiger partial charge in [-0.05, 0) is 38.5 Å². The molecule has 1 aliphatic carbocycles. The zero-order valence-electron chi connectivity index (χ0n) is 11.9. The van der Waals surface area contributed by atoms with E-state index in [-0.39, 0.29) is 11.8 Å². The summed E-state index contributed by atoms with van der Waals surface area (Å²) in [5.41, 5.74) is 0.976. The molecule has 1 aromatic heterocycles. The van der Waals surface area contributed by atoms with Crippen LogP contribution < -0.4 is 5.32 Å². The quantitative estimate of drug-likeness (QED) is 0.869. The van der Waals surface area contributed by atoms with Crippen LogP contribution in [-0.2, 0) is 4.79 Å². The summed E-state index contributed by atoms with van der Waals surface area (Å²) in [4.78, 5) is 16.4. The maximum Gasteiger partial charge on any atom is 0.229 e. The second-order valence-corrected chi connectivity index (χ2v) is 6.50. The third-order valence-corrected chi connectivity index (χ3v) is 4.91. The van der Waals surface area contributed by atoms with Gasteiger partial charge in [0.25, 0.3) is 0 Å². The van der Waals surface area contributed by atoms with Gasteiger partial charge in [0, 0.05) is 11.3 Å². The molecule has 1 saturated carbocycles. The summed E-state index contributed by atoms with van der Waals surface area (Å²) in [6.45, 7) is 4.19. The second-order valence-electron chi connectivity index (χ2n) is 5.64. The van der Waals surface area contributed by atoms with Crippen LogP contribution in [0.3, 0.4) is 0 Å². The fraction of sp³-hybridized carbons (Fsp3) is 0.733. The van der Waals surface area contributed by atoms with Crippen molar-refractivity contribution < 1.29 is 4.79 Å². The third kappa shape index (κ3) is 4.30. The molecule has 1 fully saturated rings. The number of thiazole rings is 1. The predicted octanol–water partition coefficient (Wildman–Crippen LogP) is 4.39. The molecule has 1 heterocycles. The van der Waals surface area contributed by atoms with Crippen LogP contribution in [0.4, 0.5) is 5.13 Å². The molecular weight excluding hydrogens is 256 g/mol. The van der Waals surface area contributed by atoms with E-state index in [0.717, 1.165) is 29.6 Å². The van der Waals surface area contributed by atoms with Gasteiger partial charge < -0.3 is 5.32 Å². The largest absolute Gasteiger partial charge is 0.302 e. The van der Waals surface area contributed by atoms with Crippen molar-refractivity contribution in [3.63, 3.8) is 0 Å². The van der Waals surface area contributed by atoms with Crippen LogP contribution in [0.25, 0.3) is 0 Å². The van der Waals surface area contributed by atoms with Gasteiger partial charge in [0.2, 0.25) is 5.91 Å². The first kappa shape index (κ1) is 14.5. The van der Waals surface area contributed by atoms with Gasteiger partial charge in [0.15, 0.2) is 5.13 Å². The first-order valence-electron chi connectivity index (χ1n) is 7.42. The number of aromatic nitrogens is 1. The highest BCUT2D eigenvalue weighted by atomic mass is 32.1. The van der Waals surface area contributed by atoms with E-state index in [2.05, 4.69) is 17.2 Å². The number of amides is 1. The van der Waals surface area contributed by atoms with Crippen molar-refractivity contribution in [2.45, 2.75) is 58.8 Å². The minimum atomic E-state index is 0.170. The van der Waals surface area contributed by atoms with Crippen LogP contribution in [0.2, 0.25) is 0 Å². The molecular formula is C15H24N2OS. The van der Waals surface area contributed by atoms with Gasteiger partial charge in [0.1, 0.15) is 0 Å². The molecule has 4 heteroatoms. The van der Waals surface area contributed by atoms with E-state index in [1.807, 2.05) is 12.3 Å². The van der Waals surface area contributed by atoms with Crippen LogP contribution in [-0.4, -0.2) is 10.9 Å².